The Balaban J connectivity index is 1.70. The van der Waals surface area contributed by atoms with Crippen molar-refractivity contribution in [3.8, 4) is 11.1 Å². The van der Waals surface area contributed by atoms with Gasteiger partial charge in [0.15, 0.2) is 0 Å². The molecule has 1 heterocycles. The summed E-state index contributed by atoms with van der Waals surface area (Å²) in [6, 6.07) is 20.9. The van der Waals surface area contributed by atoms with Gasteiger partial charge in [-0.15, -0.1) is 0 Å². The average Bonchev–Trinajstić information content (AvgIpc) is 3.08. The van der Waals surface area contributed by atoms with Crippen LogP contribution in [0.2, 0.25) is 5.02 Å². The highest BCUT2D eigenvalue weighted by molar-refractivity contribution is 7.82. The van der Waals surface area contributed by atoms with Gasteiger partial charge in [0.05, 0.1) is 15.9 Å². The number of hydrogen-bond acceptors (Lipinski definition) is 2. The van der Waals surface area contributed by atoms with Gasteiger partial charge in [0, 0.05) is 5.02 Å². The number of benzene rings is 3. The third-order valence-corrected chi connectivity index (χ3v) is 5.22. The Hall–Kier alpha value is -2.73. The SMILES string of the molecule is NS(=O)c1ccccc1-c1ccc2nc(/C=C/c3cccc(Cl)c3)[nH]c2c1. The van der Waals surface area contributed by atoms with E-state index in [2.05, 4.69) is 9.97 Å². The van der Waals surface area contributed by atoms with Crippen LogP contribution in [0.15, 0.2) is 71.6 Å². The predicted molar refractivity (Wildman–Crippen MR) is 113 cm³/mol. The zero-order valence-electron chi connectivity index (χ0n) is 14.2. The number of halogens is 1. The van der Waals surface area contributed by atoms with E-state index in [4.69, 9.17) is 16.7 Å². The van der Waals surface area contributed by atoms with Gasteiger partial charge in [-0.2, -0.15) is 0 Å². The van der Waals surface area contributed by atoms with Crippen LogP contribution in [0.3, 0.4) is 0 Å². The van der Waals surface area contributed by atoms with E-state index in [1.807, 2.05) is 72.8 Å². The van der Waals surface area contributed by atoms with Crippen molar-refractivity contribution in [3.05, 3.63) is 83.1 Å². The minimum absolute atomic E-state index is 0.609. The lowest BCUT2D eigenvalue weighted by atomic mass is 10.1. The molecule has 0 radical (unpaired) electrons. The van der Waals surface area contributed by atoms with E-state index in [-0.39, 0.29) is 0 Å². The van der Waals surface area contributed by atoms with Gasteiger partial charge in [0.25, 0.3) is 0 Å². The van der Waals surface area contributed by atoms with Crippen LogP contribution in [0.25, 0.3) is 34.3 Å². The molecule has 0 amide bonds. The van der Waals surface area contributed by atoms with E-state index in [1.165, 1.54) is 0 Å². The lowest BCUT2D eigenvalue weighted by Crippen LogP contribution is -2.04. The van der Waals surface area contributed by atoms with Crippen molar-refractivity contribution < 1.29 is 4.21 Å². The molecule has 3 N–H and O–H groups in total. The lowest BCUT2D eigenvalue weighted by Gasteiger charge is -2.06. The van der Waals surface area contributed by atoms with Gasteiger partial charge in [-0.25, -0.2) is 14.3 Å². The van der Waals surface area contributed by atoms with Crippen LogP contribution in [0.1, 0.15) is 11.4 Å². The molecule has 4 rings (SSSR count). The van der Waals surface area contributed by atoms with Gasteiger partial charge in [-0.3, -0.25) is 0 Å². The van der Waals surface area contributed by atoms with E-state index in [0.29, 0.717) is 9.92 Å². The van der Waals surface area contributed by atoms with E-state index in [0.717, 1.165) is 33.5 Å². The van der Waals surface area contributed by atoms with Crippen molar-refractivity contribution in [2.45, 2.75) is 4.90 Å². The van der Waals surface area contributed by atoms with E-state index >= 15 is 0 Å². The fourth-order valence-electron chi connectivity index (χ4n) is 2.94. The number of nitrogens with zero attached hydrogens (tertiary/aromatic N) is 1. The van der Waals surface area contributed by atoms with Crippen molar-refractivity contribution in [3.63, 3.8) is 0 Å². The van der Waals surface area contributed by atoms with Crippen LogP contribution in [0, 0.1) is 0 Å². The van der Waals surface area contributed by atoms with Crippen molar-refractivity contribution in [2.24, 2.45) is 5.14 Å². The zero-order chi connectivity index (χ0) is 18.8. The molecule has 0 bridgehead atoms. The minimum atomic E-state index is -1.54. The first kappa shape index (κ1) is 17.7. The number of nitrogens with two attached hydrogens (primary N) is 1. The first-order chi connectivity index (χ1) is 13.1. The fourth-order valence-corrected chi connectivity index (χ4v) is 3.76. The Kier molecular flexibility index (Phi) is 4.90. The number of rotatable bonds is 4. The van der Waals surface area contributed by atoms with Gasteiger partial charge in [-0.1, -0.05) is 54.1 Å². The van der Waals surface area contributed by atoms with E-state index < -0.39 is 11.0 Å². The summed E-state index contributed by atoms with van der Waals surface area (Å²) < 4.78 is 11.8. The molecular formula is C21H16ClN3OS. The molecule has 0 aliphatic heterocycles. The molecule has 1 unspecified atom stereocenters. The second-order valence-corrected chi connectivity index (χ2v) is 7.51. The second kappa shape index (κ2) is 7.48. The number of H-pyrrole nitrogens is 1. The number of imidazole rings is 1. The molecule has 0 saturated heterocycles. The summed E-state index contributed by atoms with van der Waals surface area (Å²) in [5, 5.41) is 6.30. The predicted octanol–water partition coefficient (Wildman–Crippen LogP) is 5.04. The number of nitrogens with one attached hydrogen (secondary N) is 1. The third kappa shape index (κ3) is 3.85. The highest BCUT2D eigenvalue weighted by Gasteiger charge is 2.10. The fraction of sp³-hybridized carbons (Fsp3) is 0. The molecule has 1 atom stereocenters. The lowest BCUT2D eigenvalue weighted by molar-refractivity contribution is 0.684. The monoisotopic (exact) mass is 393 g/mol. The molecule has 0 fully saturated rings. The second-order valence-electron chi connectivity index (χ2n) is 6.04. The summed E-state index contributed by atoms with van der Waals surface area (Å²) in [6.45, 7) is 0. The molecule has 4 aromatic rings. The van der Waals surface area contributed by atoms with Crippen molar-refractivity contribution in [1.29, 1.82) is 0 Å². The van der Waals surface area contributed by atoms with Gasteiger partial charge in [0.2, 0.25) is 0 Å². The average molecular weight is 394 g/mol. The Labute approximate surface area is 164 Å². The first-order valence-corrected chi connectivity index (χ1v) is 9.88. The summed E-state index contributed by atoms with van der Waals surface area (Å²) in [4.78, 5) is 8.49. The molecule has 3 aromatic carbocycles. The number of aromatic nitrogens is 2. The van der Waals surface area contributed by atoms with E-state index in [1.54, 1.807) is 6.07 Å². The largest absolute Gasteiger partial charge is 0.338 e. The zero-order valence-corrected chi connectivity index (χ0v) is 15.8. The summed E-state index contributed by atoms with van der Waals surface area (Å²) >= 11 is 6.01. The molecule has 0 spiro atoms. The topological polar surface area (TPSA) is 71.8 Å². The highest BCUT2D eigenvalue weighted by Crippen LogP contribution is 2.28. The number of hydrogen-bond donors (Lipinski definition) is 2. The van der Waals surface area contributed by atoms with Gasteiger partial charge in [-0.05, 0) is 53.1 Å². The maximum absolute atomic E-state index is 11.8. The summed E-state index contributed by atoms with van der Waals surface area (Å²) in [5.74, 6) is 0.748. The van der Waals surface area contributed by atoms with E-state index in [9.17, 15) is 4.21 Å². The molecular weight excluding hydrogens is 378 g/mol. The molecule has 6 heteroatoms. The molecule has 0 aliphatic rings. The summed E-state index contributed by atoms with van der Waals surface area (Å²) in [6.07, 6.45) is 3.87. The molecule has 0 saturated carbocycles. The van der Waals surface area contributed by atoms with Crippen molar-refractivity contribution in [2.75, 3.05) is 0 Å². The molecule has 27 heavy (non-hydrogen) atoms. The maximum Gasteiger partial charge on any atom is 0.131 e. The minimum Gasteiger partial charge on any atom is -0.338 e. The van der Waals surface area contributed by atoms with Crippen molar-refractivity contribution in [1.82, 2.24) is 9.97 Å². The van der Waals surface area contributed by atoms with Crippen LogP contribution in [0.4, 0.5) is 0 Å². The normalized spacial score (nSPS) is 12.7. The van der Waals surface area contributed by atoms with Gasteiger partial charge < -0.3 is 4.98 Å². The van der Waals surface area contributed by atoms with Crippen LogP contribution < -0.4 is 5.14 Å². The molecule has 4 nitrogen and oxygen atoms in total. The quantitative estimate of drug-likeness (QED) is 0.510. The highest BCUT2D eigenvalue weighted by atomic mass is 35.5. The van der Waals surface area contributed by atoms with Crippen LogP contribution >= 0.6 is 11.6 Å². The Morgan fingerprint density at radius 1 is 1.00 bits per heavy atom. The standard InChI is InChI=1S/C21H16ClN3OS/c22-16-5-3-4-14(12-16)8-11-21-24-18-10-9-15(13-19(18)25-21)17-6-1-2-7-20(17)27(23)26/h1-13H,23H2,(H,24,25)/b11-8+. The summed E-state index contributed by atoms with van der Waals surface area (Å²) in [7, 11) is -1.54. The maximum atomic E-state index is 11.8. The number of fused-ring (bicyclic) bond motifs is 1. The van der Waals surface area contributed by atoms with Crippen LogP contribution in [-0.4, -0.2) is 14.2 Å². The Bertz CT molecular complexity index is 1180. The Morgan fingerprint density at radius 3 is 2.67 bits per heavy atom. The molecule has 134 valence electrons. The smallest absolute Gasteiger partial charge is 0.131 e. The number of aromatic amines is 1. The van der Waals surface area contributed by atoms with Crippen LogP contribution in [0.5, 0.6) is 0 Å². The molecule has 1 aromatic heterocycles. The van der Waals surface area contributed by atoms with Crippen LogP contribution in [-0.2, 0) is 11.0 Å². The third-order valence-electron chi connectivity index (χ3n) is 4.20. The first-order valence-electron chi connectivity index (χ1n) is 8.29. The van der Waals surface area contributed by atoms with Gasteiger partial charge >= 0.3 is 0 Å². The van der Waals surface area contributed by atoms with Gasteiger partial charge in [0.1, 0.15) is 16.8 Å². The Morgan fingerprint density at radius 2 is 1.85 bits per heavy atom. The molecule has 0 aliphatic carbocycles. The summed E-state index contributed by atoms with van der Waals surface area (Å²) in [5.41, 5.74) is 4.55. The van der Waals surface area contributed by atoms with Crippen molar-refractivity contribution >= 4 is 45.8 Å².